The highest BCUT2D eigenvalue weighted by Gasteiger charge is 2.21. The summed E-state index contributed by atoms with van der Waals surface area (Å²) in [5, 5.41) is 18.5. The molecule has 1 aliphatic carbocycles. The van der Waals surface area contributed by atoms with Gasteiger partial charge < -0.3 is 10.2 Å². The van der Waals surface area contributed by atoms with Gasteiger partial charge in [-0.3, -0.25) is 9.59 Å². The average molecular weight is 332 g/mol. The summed E-state index contributed by atoms with van der Waals surface area (Å²) in [6.45, 7) is 2.05. The zero-order chi connectivity index (χ0) is 17.8. The Balaban J connectivity index is 2.43. The van der Waals surface area contributed by atoms with Gasteiger partial charge in [0.2, 0.25) is 0 Å². The fourth-order valence-electron chi connectivity index (χ4n) is 2.55. The Morgan fingerprint density at radius 1 is 1.25 bits per heavy atom. The predicted octanol–water partition coefficient (Wildman–Crippen LogP) is 3.98. The highest BCUT2D eigenvalue weighted by molar-refractivity contribution is 6.07. The van der Waals surface area contributed by atoms with Crippen LogP contribution in [0.15, 0.2) is 48.1 Å². The normalized spacial score (nSPS) is 20.7. The lowest BCUT2D eigenvalue weighted by Crippen LogP contribution is -2.07. The standard InChI is InChI=1S/C20H28O4/c1-2-3-6-10-17(21)13-14-18-16(12-15-19(18)22)9-7-4-5-8-11-20(23)24/h3-4,6-7,12,14-17,21H,2,5,8-11,13H2,1H3,(H,23,24)/b6-3-,7-4-,18-14+/t16-,17-/m1/s1. The van der Waals surface area contributed by atoms with Gasteiger partial charge in [-0.1, -0.05) is 43.4 Å². The first-order valence-corrected chi connectivity index (χ1v) is 8.67. The second-order valence-corrected chi connectivity index (χ2v) is 5.99. The number of hydrogen-bond donors (Lipinski definition) is 2. The number of carboxylic acids is 1. The predicted molar refractivity (Wildman–Crippen MR) is 95.6 cm³/mol. The van der Waals surface area contributed by atoms with Gasteiger partial charge in [-0.15, -0.1) is 0 Å². The summed E-state index contributed by atoms with van der Waals surface area (Å²) in [5.41, 5.74) is 0.753. The first-order chi connectivity index (χ1) is 11.5. The van der Waals surface area contributed by atoms with Crippen molar-refractivity contribution in [1.29, 1.82) is 0 Å². The van der Waals surface area contributed by atoms with Crippen LogP contribution in [0, 0.1) is 5.92 Å². The number of carboxylic acid groups (broad SMARTS) is 1. The maximum absolute atomic E-state index is 11.9. The third-order valence-electron chi connectivity index (χ3n) is 3.90. The number of ketones is 1. The van der Waals surface area contributed by atoms with Gasteiger partial charge in [-0.2, -0.15) is 0 Å². The van der Waals surface area contributed by atoms with E-state index < -0.39 is 12.1 Å². The fourth-order valence-corrected chi connectivity index (χ4v) is 2.55. The van der Waals surface area contributed by atoms with Gasteiger partial charge in [0.1, 0.15) is 0 Å². The van der Waals surface area contributed by atoms with E-state index >= 15 is 0 Å². The molecule has 0 saturated heterocycles. The van der Waals surface area contributed by atoms with Crippen LogP contribution in [-0.2, 0) is 9.59 Å². The minimum Gasteiger partial charge on any atom is -0.481 e. The van der Waals surface area contributed by atoms with Gasteiger partial charge in [-0.25, -0.2) is 0 Å². The number of carbonyl (C=O) groups excluding carboxylic acids is 1. The summed E-state index contributed by atoms with van der Waals surface area (Å²) in [5.74, 6) is -0.688. The van der Waals surface area contributed by atoms with Crippen molar-refractivity contribution in [3.63, 3.8) is 0 Å². The molecule has 1 aliphatic rings. The minimum absolute atomic E-state index is 0.0237. The number of allylic oxidation sites excluding steroid dienone is 6. The van der Waals surface area contributed by atoms with Crippen molar-refractivity contribution in [2.45, 2.75) is 58.0 Å². The number of aliphatic hydroxyl groups is 1. The molecule has 2 N–H and O–H groups in total. The van der Waals surface area contributed by atoms with E-state index in [1.807, 2.05) is 43.4 Å². The summed E-state index contributed by atoms with van der Waals surface area (Å²) in [6, 6.07) is 0. The monoisotopic (exact) mass is 332 g/mol. The Morgan fingerprint density at radius 2 is 2.04 bits per heavy atom. The van der Waals surface area contributed by atoms with Crippen LogP contribution in [-0.4, -0.2) is 28.1 Å². The van der Waals surface area contributed by atoms with Gasteiger partial charge in [0.25, 0.3) is 0 Å². The molecule has 2 atom stereocenters. The lowest BCUT2D eigenvalue weighted by atomic mass is 9.96. The van der Waals surface area contributed by atoms with Crippen LogP contribution in [0.3, 0.4) is 0 Å². The average Bonchev–Trinajstić information content (AvgIpc) is 2.89. The highest BCUT2D eigenvalue weighted by Crippen LogP contribution is 2.26. The second-order valence-electron chi connectivity index (χ2n) is 5.99. The lowest BCUT2D eigenvalue weighted by Gasteiger charge is -2.10. The van der Waals surface area contributed by atoms with E-state index in [0.717, 1.165) is 24.8 Å². The van der Waals surface area contributed by atoms with Crippen LogP contribution in [0.4, 0.5) is 0 Å². The molecule has 132 valence electrons. The van der Waals surface area contributed by atoms with Crippen LogP contribution in [0.1, 0.15) is 51.9 Å². The van der Waals surface area contributed by atoms with E-state index in [2.05, 4.69) is 0 Å². The van der Waals surface area contributed by atoms with Crippen molar-refractivity contribution in [2.24, 2.45) is 5.92 Å². The number of rotatable bonds is 11. The molecule has 0 aromatic rings. The Hall–Kier alpha value is -1.94. The molecular weight excluding hydrogens is 304 g/mol. The third kappa shape index (κ3) is 8.06. The first kappa shape index (κ1) is 20.1. The molecule has 0 fully saturated rings. The van der Waals surface area contributed by atoms with Crippen molar-refractivity contribution < 1.29 is 19.8 Å². The van der Waals surface area contributed by atoms with Gasteiger partial charge in [0, 0.05) is 17.9 Å². The third-order valence-corrected chi connectivity index (χ3v) is 3.90. The number of aliphatic carboxylic acids is 1. The molecule has 24 heavy (non-hydrogen) atoms. The smallest absolute Gasteiger partial charge is 0.303 e. The Bertz CT molecular complexity index is 526. The summed E-state index contributed by atoms with van der Waals surface area (Å²) >= 11 is 0. The van der Waals surface area contributed by atoms with Gasteiger partial charge in [0.05, 0.1) is 6.10 Å². The minimum atomic E-state index is -0.773. The lowest BCUT2D eigenvalue weighted by molar-refractivity contribution is -0.137. The van der Waals surface area contributed by atoms with E-state index in [4.69, 9.17) is 5.11 Å². The number of aliphatic hydroxyl groups excluding tert-OH is 1. The molecule has 0 spiro atoms. The molecule has 0 bridgehead atoms. The SMILES string of the molecule is CC/C=C\C[C@@H](O)C/C=C1/C(=O)C=C[C@H]1C/C=C\CCCC(=O)O. The van der Waals surface area contributed by atoms with Gasteiger partial charge >= 0.3 is 5.97 Å². The molecule has 0 radical (unpaired) electrons. The summed E-state index contributed by atoms with van der Waals surface area (Å²) in [6.07, 6.45) is 17.2. The maximum atomic E-state index is 11.9. The Kier molecular flexibility index (Phi) is 9.70. The topological polar surface area (TPSA) is 74.6 Å². The number of hydrogen-bond acceptors (Lipinski definition) is 3. The summed E-state index contributed by atoms with van der Waals surface area (Å²) < 4.78 is 0. The van der Waals surface area contributed by atoms with E-state index in [9.17, 15) is 14.7 Å². The molecule has 4 heteroatoms. The second kappa shape index (κ2) is 11.6. The molecule has 1 rings (SSSR count). The molecule has 0 unspecified atom stereocenters. The fraction of sp³-hybridized carbons (Fsp3) is 0.500. The van der Waals surface area contributed by atoms with E-state index in [0.29, 0.717) is 19.3 Å². The number of carbonyl (C=O) groups is 2. The van der Waals surface area contributed by atoms with E-state index in [-0.39, 0.29) is 18.1 Å². The van der Waals surface area contributed by atoms with Gasteiger partial charge in [-0.05, 0) is 44.6 Å². The molecule has 0 aromatic heterocycles. The summed E-state index contributed by atoms with van der Waals surface area (Å²) in [7, 11) is 0. The molecule has 0 heterocycles. The van der Waals surface area contributed by atoms with Crippen molar-refractivity contribution in [3.8, 4) is 0 Å². The zero-order valence-electron chi connectivity index (χ0n) is 14.4. The molecule has 4 nitrogen and oxygen atoms in total. The van der Waals surface area contributed by atoms with Crippen molar-refractivity contribution >= 4 is 11.8 Å². The van der Waals surface area contributed by atoms with Crippen LogP contribution < -0.4 is 0 Å². The molecule has 0 aliphatic heterocycles. The van der Waals surface area contributed by atoms with Crippen molar-refractivity contribution in [1.82, 2.24) is 0 Å². The molecule has 0 saturated carbocycles. The summed E-state index contributed by atoms with van der Waals surface area (Å²) in [4.78, 5) is 22.4. The Morgan fingerprint density at radius 3 is 2.75 bits per heavy atom. The van der Waals surface area contributed by atoms with E-state index in [1.54, 1.807) is 6.08 Å². The highest BCUT2D eigenvalue weighted by atomic mass is 16.4. The molecular formula is C20H28O4. The van der Waals surface area contributed by atoms with Crippen LogP contribution in [0.5, 0.6) is 0 Å². The molecule has 0 amide bonds. The van der Waals surface area contributed by atoms with Crippen LogP contribution in [0.2, 0.25) is 0 Å². The quantitative estimate of drug-likeness (QED) is 0.341. The maximum Gasteiger partial charge on any atom is 0.303 e. The first-order valence-electron chi connectivity index (χ1n) is 8.67. The Labute approximate surface area is 144 Å². The van der Waals surface area contributed by atoms with Crippen molar-refractivity contribution in [3.05, 3.63) is 48.1 Å². The van der Waals surface area contributed by atoms with Crippen LogP contribution in [0.25, 0.3) is 0 Å². The zero-order valence-corrected chi connectivity index (χ0v) is 14.4. The largest absolute Gasteiger partial charge is 0.481 e. The van der Waals surface area contributed by atoms with E-state index in [1.165, 1.54) is 0 Å². The molecule has 0 aromatic carbocycles. The van der Waals surface area contributed by atoms with Gasteiger partial charge in [0.15, 0.2) is 5.78 Å². The number of unbranched alkanes of at least 4 members (excludes halogenated alkanes) is 1. The van der Waals surface area contributed by atoms with Crippen LogP contribution >= 0.6 is 0 Å². The van der Waals surface area contributed by atoms with Crippen molar-refractivity contribution in [2.75, 3.05) is 0 Å².